The Bertz CT molecular complexity index is 2790. The molecule has 53 heavy (non-hydrogen) atoms. The molecule has 7 aromatic rings. The fraction of sp³-hybridized carbons (Fsp3) is 0. The van der Waals surface area contributed by atoms with Crippen LogP contribution in [0.5, 0.6) is 0 Å². The fourth-order valence-electron chi connectivity index (χ4n) is 6.60. The van der Waals surface area contributed by atoms with E-state index in [4.69, 9.17) is 9.97 Å². The van der Waals surface area contributed by atoms with Gasteiger partial charge in [-0.25, -0.2) is 19.9 Å². The smallest absolute Gasteiger partial charge is 0.0658 e. The summed E-state index contributed by atoms with van der Waals surface area (Å²) < 4.78 is 0. The molecule has 0 spiro atoms. The van der Waals surface area contributed by atoms with Crippen molar-refractivity contribution in [1.29, 1.82) is 0 Å². The molecule has 5 N–H and O–H groups in total. The van der Waals surface area contributed by atoms with Gasteiger partial charge in [0.15, 0.2) is 0 Å². The average molecular weight is 686 g/mol. The first-order chi connectivity index (χ1) is 26.1. The Morgan fingerprint density at radius 3 is 0.642 bits per heavy atom. The monoisotopic (exact) mass is 685 g/mol. The molecule has 252 valence electrons. The highest BCUT2D eigenvalue weighted by atomic mass is 14.8. The number of hydrogen-bond acceptors (Lipinski definition) is 4. The van der Waals surface area contributed by atoms with Gasteiger partial charge in [-0.05, 0) is 158 Å². The summed E-state index contributed by atoms with van der Waals surface area (Å²) in [5.41, 5.74) is 17.7. The topological polar surface area (TPSA) is 131 Å². The van der Waals surface area contributed by atoms with E-state index in [1.54, 1.807) is 0 Å². The Morgan fingerprint density at radius 2 is 0.415 bits per heavy atom. The van der Waals surface area contributed by atoms with Gasteiger partial charge in [0.1, 0.15) is 0 Å². The third kappa shape index (κ3) is 6.70. The van der Waals surface area contributed by atoms with Crippen LogP contribution in [0.1, 0.15) is 45.6 Å². The Balaban J connectivity index is 0.000000134. The minimum Gasteiger partial charge on any atom is -0.355 e. The Labute approximate surface area is 302 Å². The van der Waals surface area contributed by atoms with Crippen molar-refractivity contribution in [3.8, 4) is 0 Å². The van der Waals surface area contributed by atoms with Crippen molar-refractivity contribution < 1.29 is 0 Å². The summed E-state index contributed by atoms with van der Waals surface area (Å²) in [6, 6.07) is 36.9. The number of rotatable bonds is 0. The van der Waals surface area contributed by atoms with E-state index < -0.39 is 0 Å². The van der Waals surface area contributed by atoms with E-state index in [0.717, 1.165) is 101 Å². The van der Waals surface area contributed by atoms with Gasteiger partial charge in [0.2, 0.25) is 0 Å². The maximum absolute atomic E-state index is 4.69. The Kier molecular flexibility index (Phi) is 7.25. The largest absolute Gasteiger partial charge is 0.355 e. The first-order valence-electron chi connectivity index (χ1n) is 17.4. The summed E-state index contributed by atoms with van der Waals surface area (Å²) in [6.07, 6.45) is 16.2. The predicted octanol–water partition coefficient (Wildman–Crippen LogP) is 10.4. The highest BCUT2D eigenvalue weighted by molar-refractivity contribution is 5.83. The van der Waals surface area contributed by atoms with Crippen LogP contribution in [-0.2, 0) is 0 Å². The number of aromatic nitrogens is 9. The molecule has 0 aromatic carbocycles. The zero-order chi connectivity index (χ0) is 35.1. The number of nitrogens with one attached hydrogen (secondary N) is 5. The quantitative estimate of drug-likeness (QED) is 0.109. The number of nitrogens with zero attached hydrogens (tertiary/aromatic N) is 4. The van der Waals surface area contributed by atoms with Gasteiger partial charge in [-0.2, -0.15) is 0 Å². The molecule has 4 aliphatic heterocycles. The van der Waals surface area contributed by atoms with Gasteiger partial charge >= 0.3 is 0 Å². The molecule has 18 bridgehead atoms. The van der Waals surface area contributed by atoms with Gasteiger partial charge < -0.3 is 24.9 Å². The molecule has 9 heteroatoms. The minimum atomic E-state index is 0.923. The average Bonchev–Trinajstić information content (AvgIpc) is 3.98. The fourth-order valence-corrected chi connectivity index (χ4v) is 6.60. The normalized spacial score (nSPS) is 12.6. The lowest BCUT2D eigenvalue weighted by Gasteiger charge is -1.85. The second-order valence-corrected chi connectivity index (χ2v) is 13.1. The van der Waals surface area contributed by atoms with Crippen LogP contribution in [0.15, 0.2) is 109 Å². The van der Waals surface area contributed by atoms with Crippen LogP contribution in [0.3, 0.4) is 0 Å². The molecule has 0 amide bonds. The molecule has 11 heterocycles. The predicted molar refractivity (Wildman–Crippen MR) is 218 cm³/mol. The van der Waals surface area contributed by atoms with Crippen molar-refractivity contribution in [3.05, 3.63) is 155 Å². The Hall–Kier alpha value is -7.52. The summed E-state index contributed by atoms with van der Waals surface area (Å²) in [5.74, 6) is 0. The van der Waals surface area contributed by atoms with Crippen molar-refractivity contribution in [2.75, 3.05) is 0 Å². The molecule has 11 rings (SSSR count). The third-order valence-corrected chi connectivity index (χ3v) is 9.06. The van der Waals surface area contributed by atoms with E-state index >= 15 is 0 Å². The van der Waals surface area contributed by atoms with Crippen molar-refractivity contribution in [2.24, 2.45) is 0 Å². The van der Waals surface area contributed by atoms with Crippen molar-refractivity contribution in [2.45, 2.75) is 0 Å². The molecule has 0 fully saturated rings. The molecule has 0 atom stereocenters. The summed E-state index contributed by atoms with van der Waals surface area (Å²) in [5, 5.41) is 0. The summed E-state index contributed by atoms with van der Waals surface area (Å²) >= 11 is 0. The maximum Gasteiger partial charge on any atom is 0.0658 e. The van der Waals surface area contributed by atoms with Gasteiger partial charge in [-0.15, -0.1) is 0 Å². The second kappa shape index (κ2) is 12.7. The molecule has 7 aromatic heterocycles. The summed E-state index contributed by atoms with van der Waals surface area (Å²) in [4.78, 5) is 35.7. The van der Waals surface area contributed by atoms with E-state index in [1.165, 1.54) is 0 Å². The van der Waals surface area contributed by atoms with Gasteiger partial charge in [0.05, 0.1) is 56.6 Å². The minimum absolute atomic E-state index is 0.923. The zero-order valence-electron chi connectivity index (χ0n) is 28.3. The van der Waals surface area contributed by atoms with Crippen molar-refractivity contribution >= 4 is 104 Å². The molecule has 9 nitrogen and oxygen atoms in total. The second-order valence-electron chi connectivity index (χ2n) is 13.1. The summed E-state index contributed by atoms with van der Waals surface area (Å²) in [7, 11) is 0. The molecule has 0 unspecified atom stereocenters. The number of aromatic amines is 5. The molecule has 0 saturated heterocycles. The lowest BCUT2D eigenvalue weighted by molar-refractivity contribution is 1.31. The van der Waals surface area contributed by atoms with Crippen LogP contribution in [-0.4, -0.2) is 44.9 Å². The van der Waals surface area contributed by atoms with Crippen molar-refractivity contribution in [3.63, 3.8) is 0 Å². The van der Waals surface area contributed by atoms with E-state index in [-0.39, 0.29) is 0 Å². The van der Waals surface area contributed by atoms with Crippen LogP contribution in [0.4, 0.5) is 0 Å². The molecule has 0 aliphatic carbocycles. The van der Waals surface area contributed by atoms with E-state index in [1.807, 2.05) is 97.1 Å². The van der Waals surface area contributed by atoms with Gasteiger partial charge in [-0.3, -0.25) is 0 Å². The summed E-state index contributed by atoms with van der Waals surface area (Å²) in [6.45, 7) is 0. The molecular formula is C44H31N9. The van der Waals surface area contributed by atoms with E-state index in [2.05, 4.69) is 95.6 Å². The first kappa shape index (κ1) is 30.3. The van der Waals surface area contributed by atoms with Crippen LogP contribution in [0, 0.1) is 0 Å². The lowest BCUT2D eigenvalue weighted by Crippen LogP contribution is -1.75. The lowest BCUT2D eigenvalue weighted by atomic mass is 10.3. The van der Waals surface area contributed by atoms with Gasteiger partial charge in [0.25, 0.3) is 0 Å². The number of fused-ring (bicyclic) bond motifs is 19. The van der Waals surface area contributed by atoms with Crippen LogP contribution >= 0.6 is 0 Å². The van der Waals surface area contributed by atoms with Crippen LogP contribution in [0.2, 0.25) is 0 Å². The van der Waals surface area contributed by atoms with Crippen LogP contribution in [0.25, 0.3) is 104 Å². The number of hydrogen-bond donors (Lipinski definition) is 5. The highest BCUT2D eigenvalue weighted by Crippen LogP contribution is 2.20. The molecule has 0 radical (unpaired) electrons. The third-order valence-electron chi connectivity index (χ3n) is 9.06. The molecular weight excluding hydrogens is 655 g/mol. The highest BCUT2D eigenvalue weighted by Gasteiger charge is 2.03. The molecule has 4 aliphatic rings. The zero-order valence-corrected chi connectivity index (χ0v) is 28.3. The van der Waals surface area contributed by atoms with Crippen molar-refractivity contribution in [1.82, 2.24) is 44.9 Å². The van der Waals surface area contributed by atoms with Crippen LogP contribution < -0.4 is 0 Å². The van der Waals surface area contributed by atoms with E-state index in [9.17, 15) is 0 Å². The van der Waals surface area contributed by atoms with Gasteiger partial charge in [-0.1, -0.05) is 0 Å². The number of H-pyrrole nitrogens is 5. The maximum atomic E-state index is 4.69. The SMILES string of the molecule is C1=Cc2cc3ccc([nH]3)c3ccc(cc4nc(cc5ccc(cc1n2)[nH]5)C=C4)[nH]3.C1=Cc2cc3ccc(cc4nc(cc5ccc(cc1n2)[nH]5)C=C4)[nH]3. The Morgan fingerprint density at radius 1 is 0.226 bits per heavy atom. The standard InChI is InChI=1S/C24H17N5.C20H14N4/c1-2-16-12-18-4-6-20(27-18)14-22-8-10-24(29-22)23-9-7-21(28-23)13-19-5-3-17(26-19)11-15(1)25-16;1-2-14-10-16-5-6-18(23-16)12-20-8-7-19(24-20)11-17-4-3-15(22-17)9-13(1)21-14/h1-14,25,28-29H;1-12,21,24H. The molecule has 0 saturated carbocycles. The first-order valence-corrected chi connectivity index (χ1v) is 17.4. The van der Waals surface area contributed by atoms with Gasteiger partial charge in [0, 0.05) is 44.1 Å². The van der Waals surface area contributed by atoms with E-state index in [0.29, 0.717) is 0 Å².